The van der Waals surface area contributed by atoms with E-state index in [0.717, 1.165) is 14.6 Å². The quantitative estimate of drug-likeness (QED) is 0.852. The van der Waals surface area contributed by atoms with Gasteiger partial charge in [0.25, 0.3) is 0 Å². The van der Waals surface area contributed by atoms with Crippen LogP contribution in [0.15, 0.2) is 21.3 Å². The van der Waals surface area contributed by atoms with E-state index in [1.54, 1.807) is 6.20 Å². The Balaban J connectivity index is 3.07. The summed E-state index contributed by atoms with van der Waals surface area (Å²) in [6, 6.07) is 1.99. The fraction of sp³-hybridized carbons (Fsp3) is 0.444. The smallest absolute Gasteiger partial charge is 0.120 e. The second-order valence-electron chi connectivity index (χ2n) is 3.27. The SMILES string of the molecule is CC(C)[C@@H](N)c1ccnc(Br)c1Br. The fourth-order valence-corrected chi connectivity index (χ4v) is 1.89. The molecule has 2 N–H and O–H groups in total. The number of nitrogens with zero attached hydrogens (tertiary/aromatic N) is 1. The molecule has 13 heavy (non-hydrogen) atoms. The Morgan fingerprint density at radius 1 is 1.38 bits per heavy atom. The predicted octanol–water partition coefficient (Wildman–Crippen LogP) is 3.26. The molecule has 0 saturated heterocycles. The Morgan fingerprint density at radius 2 is 2.00 bits per heavy atom. The highest BCUT2D eigenvalue weighted by atomic mass is 79.9. The van der Waals surface area contributed by atoms with Crippen LogP contribution in [-0.2, 0) is 0 Å². The van der Waals surface area contributed by atoms with Crippen molar-refractivity contribution >= 4 is 31.9 Å². The Kier molecular flexibility index (Phi) is 3.88. The van der Waals surface area contributed by atoms with Crippen molar-refractivity contribution in [3.8, 4) is 0 Å². The van der Waals surface area contributed by atoms with E-state index >= 15 is 0 Å². The van der Waals surface area contributed by atoms with Gasteiger partial charge in [-0.25, -0.2) is 4.98 Å². The number of halogens is 2. The van der Waals surface area contributed by atoms with Crippen LogP contribution in [0, 0.1) is 5.92 Å². The lowest BCUT2D eigenvalue weighted by Crippen LogP contribution is -2.17. The molecule has 1 aromatic rings. The van der Waals surface area contributed by atoms with Gasteiger partial charge in [-0.15, -0.1) is 0 Å². The largest absolute Gasteiger partial charge is 0.324 e. The van der Waals surface area contributed by atoms with E-state index in [1.165, 1.54) is 0 Å². The first-order valence-electron chi connectivity index (χ1n) is 4.09. The normalized spacial score (nSPS) is 13.4. The average molecular weight is 308 g/mol. The first-order chi connectivity index (χ1) is 6.04. The van der Waals surface area contributed by atoms with Crippen molar-refractivity contribution in [2.24, 2.45) is 11.7 Å². The molecule has 72 valence electrons. The van der Waals surface area contributed by atoms with Crippen LogP contribution in [0.2, 0.25) is 0 Å². The number of aromatic nitrogens is 1. The van der Waals surface area contributed by atoms with Crippen LogP contribution >= 0.6 is 31.9 Å². The van der Waals surface area contributed by atoms with Crippen molar-refractivity contribution in [1.82, 2.24) is 4.98 Å². The molecule has 0 radical (unpaired) electrons. The summed E-state index contributed by atoms with van der Waals surface area (Å²) in [7, 11) is 0. The second kappa shape index (κ2) is 4.53. The molecule has 0 aliphatic rings. The lowest BCUT2D eigenvalue weighted by Gasteiger charge is -2.17. The summed E-state index contributed by atoms with van der Waals surface area (Å²) in [6.45, 7) is 4.21. The first kappa shape index (κ1) is 11.1. The minimum atomic E-state index is 0.0497. The maximum atomic E-state index is 6.03. The van der Waals surface area contributed by atoms with Crippen LogP contribution in [-0.4, -0.2) is 4.98 Å². The van der Waals surface area contributed by atoms with Gasteiger partial charge in [0, 0.05) is 12.2 Å². The molecule has 0 saturated carbocycles. The van der Waals surface area contributed by atoms with Gasteiger partial charge in [-0.2, -0.15) is 0 Å². The van der Waals surface area contributed by atoms with Crippen LogP contribution < -0.4 is 5.73 Å². The lowest BCUT2D eigenvalue weighted by atomic mass is 9.98. The summed E-state index contributed by atoms with van der Waals surface area (Å²) in [5.74, 6) is 0.422. The van der Waals surface area contributed by atoms with Gasteiger partial charge < -0.3 is 5.73 Å². The van der Waals surface area contributed by atoms with Gasteiger partial charge in [0.15, 0.2) is 0 Å². The summed E-state index contributed by atoms with van der Waals surface area (Å²) < 4.78 is 1.76. The molecular weight excluding hydrogens is 296 g/mol. The number of hydrogen-bond donors (Lipinski definition) is 1. The van der Waals surface area contributed by atoms with Crippen molar-refractivity contribution in [2.75, 3.05) is 0 Å². The van der Waals surface area contributed by atoms with Crippen LogP contribution in [0.5, 0.6) is 0 Å². The van der Waals surface area contributed by atoms with E-state index in [9.17, 15) is 0 Å². The van der Waals surface area contributed by atoms with Crippen molar-refractivity contribution in [3.63, 3.8) is 0 Å². The molecule has 1 rings (SSSR count). The summed E-state index contributed by atoms with van der Waals surface area (Å²) >= 11 is 6.81. The zero-order valence-corrected chi connectivity index (χ0v) is 10.8. The highest BCUT2D eigenvalue weighted by Gasteiger charge is 2.15. The van der Waals surface area contributed by atoms with Crippen LogP contribution in [0.1, 0.15) is 25.5 Å². The van der Waals surface area contributed by atoms with E-state index in [2.05, 4.69) is 50.7 Å². The highest BCUT2D eigenvalue weighted by molar-refractivity contribution is 9.13. The van der Waals surface area contributed by atoms with E-state index in [-0.39, 0.29) is 6.04 Å². The second-order valence-corrected chi connectivity index (χ2v) is 4.82. The van der Waals surface area contributed by atoms with E-state index in [4.69, 9.17) is 5.73 Å². The summed E-state index contributed by atoms with van der Waals surface area (Å²) in [6.07, 6.45) is 1.76. The number of rotatable bonds is 2. The fourth-order valence-electron chi connectivity index (χ4n) is 1.05. The van der Waals surface area contributed by atoms with Crippen molar-refractivity contribution in [3.05, 3.63) is 26.9 Å². The molecule has 0 fully saturated rings. The molecule has 0 aliphatic carbocycles. The Bertz CT molecular complexity index is 300. The zero-order chi connectivity index (χ0) is 10.0. The Labute approximate surface area is 95.2 Å². The predicted molar refractivity (Wildman–Crippen MR) is 61.4 cm³/mol. The minimum absolute atomic E-state index is 0.0497. The monoisotopic (exact) mass is 306 g/mol. The Hall–Kier alpha value is 0.0700. The van der Waals surface area contributed by atoms with Crippen LogP contribution in [0.3, 0.4) is 0 Å². The molecule has 0 unspecified atom stereocenters. The molecule has 0 amide bonds. The van der Waals surface area contributed by atoms with Crippen molar-refractivity contribution in [2.45, 2.75) is 19.9 Å². The molecule has 0 bridgehead atoms. The zero-order valence-electron chi connectivity index (χ0n) is 7.59. The van der Waals surface area contributed by atoms with Gasteiger partial charge in [0.05, 0.1) is 4.47 Å². The highest BCUT2D eigenvalue weighted by Crippen LogP contribution is 2.30. The molecule has 0 aliphatic heterocycles. The maximum Gasteiger partial charge on any atom is 0.120 e. The molecule has 4 heteroatoms. The van der Waals surface area contributed by atoms with Gasteiger partial charge in [-0.3, -0.25) is 0 Å². The molecule has 2 nitrogen and oxygen atoms in total. The standard InChI is InChI=1S/C9H12Br2N2/c1-5(2)8(12)6-3-4-13-9(11)7(6)10/h3-5,8H,12H2,1-2H3/t8-/m1/s1. The van der Waals surface area contributed by atoms with Gasteiger partial charge in [0.1, 0.15) is 4.60 Å². The number of pyridine rings is 1. The minimum Gasteiger partial charge on any atom is -0.324 e. The molecule has 0 spiro atoms. The van der Waals surface area contributed by atoms with Crippen LogP contribution in [0.25, 0.3) is 0 Å². The third-order valence-corrected chi connectivity index (χ3v) is 3.92. The van der Waals surface area contributed by atoms with Gasteiger partial charge in [-0.05, 0) is 49.4 Å². The summed E-state index contributed by atoms with van der Waals surface area (Å²) in [4.78, 5) is 4.10. The molecular formula is C9H12Br2N2. The van der Waals surface area contributed by atoms with E-state index in [0.29, 0.717) is 5.92 Å². The average Bonchev–Trinajstić information content (AvgIpc) is 2.08. The molecule has 1 atom stereocenters. The summed E-state index contributed by atoms with van der Waals surface area (Å²) in [5.41, 5.74) is 7.12. The third kappa shape index (κ3) is 2.51. The summed E-state index contributed by atoms with van der Waals surface area (Å²) in [5, 5.41) is 0. The number of hydrogen-bond acceptors (Lipinski definition) is 2. The maximum absolute atomic E-state index is 6.03. The molecule has 1 aromatic heterocycles. The topological polar surface area (TPSA) is 38.9 Å². The van der Waals surface area contributed by atoms with Crippen molar-refractivity contribution in [1.29, 1.82) is 0 Å². The van der Waals surface area contributed by atoms with Gasteiger partial charge >= 0.3 is 0 Å². The Morgan fingerprint density at radius 3 is 2.54 bits per heavy atom. The van der Waals surface area contributed by atoms with Gasteiger partial charge in [0.2, 0.25) is 0 Å². The third-order valence-electron chi connectivity index (χ3n) is 1.95. The van der Waals surface area contributed by atoms with E-state index < -0.39 is 0 Å². The molecule has 0 aromatic carbocycles. The van der Waals surface area contributed by atoms with Crippen molar-refractivity contribution < 1.29 is 0 Å². The van der Waals surface area contributed by atoms with Gasteiger partial charge in [-0.1, -0.05) is 13.8 Å². The molecule has 1 heterocycles. The van der Waals surface area contributed by atoms with E-state index in [1.807, 2.05) is 6.07 Å². The number of nitrogens with two attached hydrogens (primary N) is 1. The lowest BCUT2D eigenvalue weighted by molar-refractivity contribution is 0.512. The first-order valence-corrected chi connectivity index (χ1v) is 5.68. The van der Waals surface area contributed by atoms with Crippen LogP contribution in [0.4, 0.5) is 0 Å².